The number of aliphatic hydroxyl groups excluding tert-OH is 1. The van der Waals surface area contributed by atoms with E-state index in [9.17, 15) is 39.9 Å². The minimum Gasteiger partial charge on any atom is -0.493 e. The number of aliphatic hydroxyl groups is 2. The third-order valence-electron chi connectivity index (χ3n) is 4.39. The Hall–Kier alpha value is -1.53. The van der Waals surface area contributed by atoms with Gasteiger partial charge in [0, 0.05) is 24.0 Å². The third-order valence-corrected chi connectivity index (χ3v) is 5.94. The molecular formula is C14H12F6O5S. The highest BCUT2D eigenvalue weighted by Gasteiger charge is 2.56. The third kappa shape index (κ3) is 2.93. The first kappa shape index (κ1) is 19.2. The monoisotopic (exact) mass is 406 g/mol. The van der Waals surface area contributed by atoms with Gasteiger partial charge in [-0.3, -0.25) is 0 Å². The molecule has 5 nitrogen and oxygen atoms in total. The fourth-order valence-corrected chi connectivity index (χ4v) is 3.83. The largest absolute Gasteiger partial charge is 0.501 e. The van der Waals surface area contributed by atoms with Gasteiger partial charge in [0.2, 0.25) is 5.85 Å². The summed E-state index contributed by atoms with van der Waals surface area (Å²) in [5, 5.41) is 18.7. The number of ether oxygens (including phenoxy) is 1. The summed E-state index contributed by atoms with van der Waals surface area (Å²) < 4.78 is 107. The number of halogens is 6. The Morgan fingerprint density at radius 3 is 2.31 bits per heavy atom. The van der Waals surface area contributed by atoms with Crippen molar-refractivity contribution in [1.29, 1.82) is 0 Å². The molecule has 0 radical (unpaired) electrons. The van der Waals surface area contributed by atoms with Crippen LogP contribution in [-0.2, 0) is 16.3 Å². The highest BCUT2D eigenvalue weighted by atomic mass is 32.2. The number of rotatable bonds is 4. The second-order valence-electron chi connectivity index (χ2n) is 6.27. The van der Waals surface area contributed by atoms with Crippen molar-refractivity contribution < 1.29 is 49.7 Å². The molecule has 0 heterocycles. The zero-order valence-electron chi connectivity index (χ0n) is 12.7. The second kappa shape index (κ2) is 5.49. The van der Waals surface area contributed by atoms with Crippen LogP contribution in [0.3, 0.4) is 0 Å². The molecule has 1 aromatic carbocycles. The van der Waals surface area contributed by atoms with Gasteiger partial charge in [0.25, 0.3) is 15.8 Å². The standard InChI is InChI=1S/C14H12F6O5S/c15-12(16)4-7-8(25-5-6-3-13(6,17)22)1-2-9(10(7)11(12)21)26(23,24)14(18,19)20/h1-2,6,11,21-22H,3-5H2/t6?,11-,13?/m0/s1. The summed E-state index contributed by atoms with van der Waals surface area (Å²) in [7, 11) is -5.99. The van der Waals surface area contributed by atoms with Gasteiger partial charge in [-0.2, -0.15) is 13.2 Å². The van der Waals surface area contributed by atoms with Crippen LogP contribution < -0.4 is 4.74 Å². The molecule has 0 saturated heterocycles. The number of hydrogen-bond acceptors (Lipinski definition) is 5. The summed E-state index contributed by atoms with van der Waals surface area (Å²) in [6.07, 6.45) is -4.27. The minimum atomic E-state index is -5.99. The van der Waals surface area contributed by atoms with Crippen molar-refractivity contribution in [2.24, 2.45) is 5.92 Å². The van der Waals surface area contributed by atoms with E-state index in [-0.39, 0.29) is 6.42 Å². The van der Waals surface area contributed by atoms with Gasteiger partial charge in [0.05, 0.1) is 17.4 Å². The van der Waals surface area contributed by atoms with Crippen molar-refractivity contribution >= 4 is 9.84 Å². The van der Waals surface area contributed by atoms with Crippen molar-refractivity contribution in [2.75, 3.05) is 6.61 Å². The van der Waals surface area contributed by atoms with Crippen molar-refractivity contribution in [3.63, 3.8) is 0 Å². The molecule has 1 saturated carbocycles. The zero-order valence-corrected chi connectivity index (χ0v) is 13.5. The molecule has 2 aliphatic carbocycles. The Bertz CT molecular complexity index is 848. The van der Waals surface area contributed by atoms with Crippen LogP contribution in [0.15, 0.2) is 17.0 Å². The van der Waals surface area contributed by atoms with Crippen LogP contribution >= 0.6 is 0 Å². The van der Waals surface area contributed by atoms with Gasteiger partial charge >= 0.3 is 5.51 Å². The lowest BCUT2D eigenvalue weighted by Gasteiger charge is -2.17. The number of fused-ring (bicyclic) bond motifs is 1. The molecule has 2 aliphatic rings. The maximum Gasteiger partial charge on any atom is 0.501 e. The van der Waals surface area contributed by atoms with Crippen LogP contribution in [0.25, 0.3) is 0 Å². The van der Waals surface area contributed by atoms with Gasteiger partial charge in [-0.05, 0) is 12.1 Å². The maximum absolute atomic E-state index is 13.8. The molecule has 0 aliphatic heterocycles. The molecule has 26 heavy (non-hydrogen) atoms. The summed E-state index contributed by atoms with van der Waals surface area (Å²) in [5.74, 6) is -7.71. The fraction of sp³-hybridized carbons (Fsp3) is 0.571. The Kier molecular flexibility index (Phi) is 4.06. The molecule has 0 spiro atoms. The van der Waals surface area contributed by atoms with Crippen LogP contribution in [0.5, 0.6) is 5.75 Å². The maximum atomic E-state index is 13.8. The molecule has 3 atom stereocenters. The van der Waals surface area contributed by atoms with Crippen LogP contribution in [0.1, 0.15) is 23.7 Å². The quantitative estimate of drug-likeness (QED) is 0.750. The van der Waals surface area contributed by atoms with E-state index in [1.54, 1.807) is 0 Å². The van der Waals surface area contributed by atoms with Crippen molar-refractivity contribution in [3.05, 3.63) is 23.3 Å². The number of hydrogen-bond donors (Lipinski definition) is 2. The topological polar surface area (TPSA) is 83.8 Å². The van der Waals surface area contributed by atoms with Gasteiger partial charge in [-0.15, -0.1) is 0 Å². The molecule has 0 aromatic heterocycles. The van der Waals surface area contributed by atoms with Crippen molar-refractivity contribution in [3.8, 4) is 5.75 Å². The average molecular weight is 406 g/mol. The van der Waals surface area contributed by atoms with E-state index in [0.717, 1.165) is 6.07 Å². The predicted octanol–water partition coefficient (Wildman–Crippen LogP) is 2.26. The van der Waals surface area contributed by atoms with Crippen molar-refractivity contribution in [2.45, 2.75) is 41.1 Å². The summed E-state index contributed by atoms with van der Waals surface area (Å²) in [4.78, 5) is -1.48. The van der Waals surface area contributed by atoms with Crippen LogP contribution in [0.4, 0.5) is 26.3 Å². The van der Waals surface area contributed by atoms with E-state index in [2.05, 4.69) is 0 Å². The molecule has 2 N–H and O–H groups in total. The Morgan fingerprint density at radius 1 is 1.23 bits per heavy atom. The highest BCUT2D eigenvalue weighted by Crippen LogP contribution is 2.51. The molecular weight excluding hydrogens is 394 g/mol. The molecule has 2 unspecified atom stereocenters. The molecule has 1 aromatic rings. The molecule has 0 amide bonds. The number of benzene rings is 1. The summed E-state index contributed by atoms with van der Waals surface area (Å²) >= 11 is 0. The molecule has 1 fully saturated rings. The molecule has 12 heteroatoms. The van der Waals surface area contributed by atoms with Gasteiger partial charge in [0.1, 0.15) is 11.9 Å². The number of sulfone groups is 1. The Balaban J connectivity index is 2.04. The van der Waals surface area contributed by atoms with Gasteiger partial charge in [-0.25, -0.2) is 21.6 Å². The molecule has 146 valence electrons. The van der Waals surface area contributed by atoms with Gasteiger partial charge < -0.3 is 14.9 Å². The normalized spacial score (nSPS) is 30.2. The lowest BCUT2D eigenvalue weighted by atomic mass is 10.1. The molecule has 3 rings (SSSR count). The van der Waals surface area contributed by atoms with Crippen LogP contribution in [-0.4, -0.2) is 42.5 Å². The fourth-order valence-electron chi connectivity index (χ4n) is 2.81. The van der Waals surface area contributed by atoms with E-state index in [0.29, 0.717) is 6.07 Å². The van der Waals surface area contributed by atoms with Crippen LogP contribution in [0.2, 0.25) is 0 Å². The van der Waals surface area contributed by atoms with Crippen LogP contribution in [0, 0.1) is 5.92 Å². The molecule has 0 bridgehead atoms. The summed E-state index contributed by atoms with van der Waals surface area (Å²) in [5.41, 5.74) is -7.44. The predicted molar refractivity (Wildman–Crippen MR) is 73.0 cm³/mol. The SMILES string of the molecule is O=S(=O)(c1ccc(OCC2CC2(O)F)c2c1[C@H](O)C(F)(F)C2)C(F)(F)F. The Morgan fingerprint density at radius 2 is 1.81 bits per heavy atom. The Labute approximate surface area is 143 Å². The van der Waals surface area contributed by atoms with E-state index >= 15 is 0 Å². The van der Waals surface area contributed by atoms with E-state index in [1.165, 1.54) is 0 Å². The smallest absolute Gasteiger partial charge is 0.493 e. The summed E-state index contributed by atoms with van der Waals surface area (Å²) in [6, 6.07) is 1.15. The van der Waals surface area contributed by atoms with E-state index in [1.807, 2.05) is 0 Å². The van der Waals surface area contributed by atoms with Crippen molar-refractivity contribution in [1.82, 2.24) is 0 Å². The summed E-state index contributed by atoms with van der Waals surface area (Å²) in [6.45, 7) is -0.452. The zero-order chi connectivity index (χ0) is 19.7. The average Bonchev–Trinajstić information content (AvgIpc) is 3.01. The second-order valence-corrected chi connectivity index (χ2v) is 8.18. The number of alkyl halides is 6. The highest BCUT2D eigenvalue weighted by molar-refractivity contribution is 7.92. The first-order valence-electron chi connectivity index (χ1n) is 7.25. The lowest BCUT2D eigenvalue weighted by molar-refractivity contribution is -0.0978. The first-order valence-corrected chi connectivity index (χ1v) is 8.74. The van der Waals surface area contributed by atoms with E-state index in [4.69, 9.17) is 9.84 Å². The lowest BCUT2D eigenvalue weighted by Crippen LogP contribution is -2.26. The van der Waals surface area contributed by atoms with Gasteiger partial charge in [0.15, 0.2) is 0 Å². The minimum absolute atomic E-state index is 0.255. The van der Waals surface area contributed by atoms with E-state index < -0.39 is 73.9 Å². The first-order chi connectivity index (χ1) is 11.7. The van der Waals surface area contributed by atoms with Gasteiger partial charge in [-0.1, -0.05) is 0 Å².